The summed E-state index contributed by atoms with van der Waals surface area (Å²) >= 11 is 0. The zero-order valence-corrected chi connectivity index (χ0v) is 19.5. The van der Waals surface area contributed by atoms with Crippen molar-refractivity contribution >= 4 is 28.5 Å². The summed E-state index contributed by atoms with van der Waals surface area (Å²) in [5.74, 6) is 0.626. The number of aromatic nitrogens is 2. The maximum Gasteiger partial charge on any atom is 0.251 e. The summed E-state index contributed by atoms with van der Waals surface area (Å²) in [5, 5.41) is 5.85. The van der Waals surface area contributed by atoms with E-state index in [2.05, 4.69) is 20.6 Å². The van der Waals surface area contributed by atoms with E-state index < -0.39 is 6.04 Å². The Morgan fingerprint density at radius 3 is 2.38 bits per heavy atom. The Hall–Kier alpha value is -4.13. The minimum atomic E-state index is -0.720. The summed E-state index contributed by atoms with van der Waals surface area (Å²) in [6.45, 7) is 6.25. The van der Waals surface area contributed by atoms with Crippen LogP contribution in [0, 0.1) is 5.92 Å². The predicted molar refractivity (Wildman–Crippen MR) is 134 cm³/mol. The molecule has 3 aromatic carbocycles. The number of amides is 2. The number of nitrogens with zero attached hydrogens (tertiary/aromatic N) is 1. The van der Waals surface area contributed by atoms with Crippen LogP contribution in [0.1, 0.15) is 31.1 Å². The van der Waals surface area contributed by atoms with Gasteiger partial charge in [-0.1, -0.05) is 38.1 Å². The maximum absolute atomic E-state index is 13.2. The van der Waals surface area contributed by atoms with E-state index in [4.69, 9.17) is 4.74 Å². The van der Waals surface area contributed by atoms with Crippen molar-refractivity contribution in [3.05, 3.63) is 78.4 Å². The average molecular weight is 457 g/mol. The third-order valence-corrected chi connectivity index (χ3v) is 5.49. The van der Waals surface area contributed by atoms with Crippen molar-refractivity contribution in [3.8, 4) is 17.1 Å². The Labute approximate surface area is 198 Å². The van der Waals surface area contributed by atoms with Gasteiger partial charge in [0.15, 0.2) is 0 Å². The SMILES string of the molecule is CCOc1ccc(C(=O)N[C@H](C(=O)Nc2ccccc2-c2nc3ccccc3[nH]2)C(C)C)cc1. The molecule has 4 aromatic rings. The van der Waals surface area contributed by atoms with E-state index in [9.17, 15) is 9.59 Å². The lowest BCUT2D eigenvalue weighted by Gasteiger charge is -2.22. The minimum Gasteiger partial charge on any atom is -0.494 e. The number of aromatic amines is 1. The van der Waals surface area contributed by atoms with Crippen LogP contribution in [0.25, 0.3) is 22.4 Å². The van der Waals surface area contributed by atoms with E-state index in [0.717, 1.165) is 16.6 Å². The number of ether oxygens (including phenoxy) is 1. The normalized spacial score (nSPS) is 11.9. The largest absolute Gasteiger partial charge is 0.494 e. The van der Waals surface area contributed by atoms with E-state index in [0.29, 0.717) is 29.4 Å². The van der Waals surface area contributed by atoms with Crippen LogP contribution < -0.4 is 15.4 Å². The van der Waals surface area contributed by atoms with Gasteiger partial charge in [-0.05, 0) is 61.4 Å². The van der Waals surface area contributed by atoms with Crippen LogP contribution in [0.3, 0.4) is 0 Å². The number of carbonyl (C=O) groups is 2. The fraction of sp³-hybridized carbons (Fsp3) is 0.222. The molecule has 34 heavy (non-hydrogen) atoms. The molecular formula is C27H28N4O3. The fourth-order valence-corrected chi connectivity index (χ4v) is 3.72. The Balaban J connectivity index is 1.52. The molecule has 1 heterocycles. The Bertz CT molecular complexity index is 1260. The van der Waals surface area contributed by atoms with Crippen LogP contribution in [0.2, 0.25) is 0 Å². The summed E-state index contributed by atoms with van der Waals surface area (Å²) < 4.78 is 5.43. The Kier molecular flexibility index (Phi) is 6.92. The zero-order valence-electron chi connectivity index (χ0n) is 19.5. The minimum absolute atomic E-state index is 0.120. The average Bonchev–Trinajstić information content (AvgIpc) is 3.27. The molecule has 1 atom stereocenters. The molecule has 0 saturated carbocycles. The molecule has 0 aliphatic rings. The molecule has 0 bridgehead atoms. The number of nitrogens with one attached hydrogen (secondary N) is 3. The highest BCUT2D eigenvalue weighted by Gasteiger charge is 2.26. The van der Waals surface area contributed by atoms with Gasteiger partial charge in [0.25, 0.3) is 5.91 Å². The third kappa shape index (κ3) is 5.09. The van der Waals surface area contributed by atoms with E-state index in [1.54, 1.807) is 24.3 Å². The molecule has 0 spiro atoms. The van der Waals surface area contributed by atoms with E-state index in [-0.39, 0.29) is 17.7 Å². The van der Waals surface area contributed by atoms with Gasteiger partial charge in [0.2, 0.25) is 5.91 Å². The van der Waals surface area contributed by atoms with Gasteiger partial charge in [-0.2, -0.15) is 0 Å². The lowest BCUT2D eigenvalue weighted by molar-refractivity contribution is -0.118. The molecule has 0 saturated heterocycles. The number of benzene rings is 3. The monoisotopic (exact) mass is 456 g/mol. The Morgan fingerprint density at radius 2 is 1.68 bits per heavy atom. The van der Waals surface area contributed by atoms with Gasteiger partial charge in [0.1, 0.15) is 17.6 Å². The third-order valence-electron chi connectivity index (χ3n) is 5.49. The molecule has 2 amide bonds. The lowest BCUT2D eigenvalue weighted by Crippen LogP contribution is -2.47. The van der Waals surface area contributed by atoms with E-state index in [1.807, 2.05) is 69.3 Å². The van der Waals surface area contributed by atoms with Crippen LogP contribution >= 0.6 is 0 Å². The van der Waals surface area contributed by atoms with E-state index >= 15 is 0 Å². The number of hydrogen-bond donors (Lipinski definition) is 3. The molecule has 0 unspecified atom stereocenters. The molecule has 0 aliphatic carbocycles. The topological polar surface area (TPSA) is 96.1 Å². The van der Waals surface area contributed by atoms with Crippen LogP contribution in [0.4, 0.5) is 5.69 Å². The van der Waals surface area contributed by atoms with Gasteiger partial charge >= 0.3 is 0 Å². The summed E-state index contributed by atoms with van der Waals surface area (Å²) in [6.07, 6.45) is 0. The van der Waals surface area contributed by atoms with Crippen molar-refractivity contribution in [1.82, 2.24) is 15.3 Å². The summed E-state index contributed by atoms with van der Waals surface area (Å²) in [7, 11) is 0. The molecule has 7 nitrogen and oxygen atoms in total. The standard InChI is InChI=1S/C27H28N4O3/c1-4-34-19-15-13-18(14-16-19)26(32)31-24(17(2)3)27(33)30-21-10-6-5-9-20(21)25-28-22-11-7-8-12-23(22)29-25/h5-17,24H,4H2,1-3H3,(H,28,29)(H,30,33)(H,31,32)/t24-/m0/s1. The van der Waals surface area contributed by atoms with Gasteiger partial charge in [-0.3, -0.25) is 9.59 Å². The van der Waals surface area contributed by atoms with Crippen LogP contribution in [-0.4, -0.2) is 34.4 Å². The molecule has 7 heteroatoms. The van der Waals surface area contributed by atoms with Gasteiger partial charge in [-0.25, -0.2) is 4.98 Å². The van der Waals surface area contributed by atoms with Gasteiger partial charge in [0, 0.05) is 11.1 Å². The first kappa shape index (κ1) is 23.0. The first-order valence-corrected chi connectivity index (χ1v) is 11.3. The second-order valence-corrected chi connectivity index (χ2v) is 8.29. The molecule has 3 N–H and O–H groups in total. The second-order valence-electron chi connectivity index (χ2n) is 8.29. The van der Waals surface area contributed by atoms with Crippen molar-refractivity contribution in [3.63, 3.8) is 0 Å². The first-order chi connectivity index (χ1) is 16.5. The fourth-order valence-electron chi connectivity index (χ4n) is 3.72. The molecule has 4 rings (SSSR count). The van der Waals surface area contributed by atoms with Crippen molar-refractivity contribution in [2.45, 2.75) is 26.8 Å². The molecule has 0 fully saturated rings. The van der Waals surface area contributed by atoms with Crippen LogP contribution in [0.5, 0.6) is 5.75 Å². The highest BCUT2D eigenvalue weighted by atomic mass is 16.5. The zero-order chi connectivity index (χ0) is 24.1. The lowest BCUT2D eigenvalue weighted by atomic mass is 10.0. The smallest absolute Gasteiger partial charge is 0.251 e. The van der Waals surface area contributed by atoms with Gasteiger partial charge < -0.3 is 20.4 Å². The van der Waals surface area contributed by atoms with E-state index in [1.165, 1.54) is 0 Å². The maximum atomic E-state index is 13.2. The molecule has 0 radical (unpaired) electrons. The Morgan fingerprint density at radius 1 is 0.971 bits per heavy atom. The van der Waals surface area contributed by atoms with Crippen molar-refractivity contribution in [1.29, 1.82) is 0 Å². The highest BCUT2D eigenvalue weighted by molar-refractivity contribution is 6.03. The van der Waals surface area contributed by atoms with Gasteiger partial charge in [0.05, 0.1) is 23.3 Å². The van der Waals surface area contributed by atoms with Crippen molar-refractivity contribution < 1.29 is 14.3 Å². The molecule has 0 aliphatic heterocycles. The van der Waals surface area contributed by atoms with Gasteiger partial charge in [-0.15, -0.1) is 0 Å². The summed E-state index contributed by atoms with van der Waals surface area (Å²) in [6, 6.07) is 21.4. The molecule has 174 valence electrons. The van der Waals surface area contributed by atoms with Crippen molar-refractivity contribution in [2.24, 2.45) is 5.92 Å². The quantitative estimate of drug-likeness (QED) is 0.347. The number of H-pyrrole nitrogens is 1. The first-order valence-electron chi connectivity index (χ1n) is 11.3. The predicted octanol–water partition coefficient (Wildman–Crippen LogP) is 5.02. The number of para-hydroxylation sites is 3. The molecular weight excluding hydrogens is 428 g/mol. The van der Waals surface area contributed by atoms with Crippen molar-refractivity contribution in [2.75, 3.05) is 11.9 Å². The van der Waals surface area contributed by atoms with Crippen LogP contribution in [-0.2, 0) is 4.79 Å². The highest BCUT2D eigenvalue weighted by Crippen LogP contribution is 2.28. The number of anilines is 1. The summed E-state index contributed by atoms with van der Waals surface area (Å²) in [4.78, 5) is 34.0. The number of rotatable bonds is 8. The number of carbonyl (C=O) groups excluding carboxylic acids is 2. The number of hydrogen-bond acceptors (Lipinski definition) is 4. The second kappa shape index (κ2) is 10.2. The summed E-state index contributed by atoms with van der Waals surface area (Å²) in [5.41, 5.74) is 3.62. The number of imidazole rings is 1. The number of fused-ring (bicyclic) bond motifs is 1. The van der Waals surface area contributed by atoms with Crippen LogP contribution in [0.15, 0.2) is 72.8 Å². The molecule has 1 aromatic heterocycles.